The number of ketones is 2. The summed E-state index contributed by atoms with van der Waals surface area (Å²) in [5.41, 5.74) is 0.820. The lowest BCUT2D eigenvalue weighted by molar-refractivity contribution is -0.142. The lowest BCUT2D eigenvalue weighted by Gasteiger charge is -2.16. The van der Waals surface area contributed by atoms with E-state index >= 15 is 0 Å². The molecule has 10 nitrogen and oxygen atoms in total. The van der Waals surface area contributed by atoms with Crippen LogP contribution in [0.4, 0.5) is 0 Å². The summed E-state index contributed by atoms with van der Waals surface area (Å²) in [4.78, 5) is 50.6. The molecule has 10 heteroatoms. The fourth-order valence-corrected chi connectivity index (χ4v) is 4.89. The van der Waals surface area contributed by atoms with Crippen LogP contribution in [0.5, 0.6) is 11.5 Å². The zero-order valence-electron chi connectivity index (χ0n) is 27.4. The number of carbonyl (C=O) groups is 4. The highest BCUT2D eigenvalue weighted by Gasteiger charge is 2.20. The minimum atomic E-state index is -0.758. The van der Waals surface area contributed by atoms with Gasteiger partial charge in [0, 0.05) is 25.3 Å². The van der Waals surface area contributed by atoms with E-state index in [4.69, 9.17) is 28.4 Å². The third-order valence-electron chi connectivity index (χ3n) is 7.28. The topological polar surface area (TPSA) is 124 Å². The molecule has 48 heavy (non-hydrogen) atoms. The van der Waals surface area contributed by atoms with Crippen LogP contribution >= 0.6 is 0 Å². The minimum absolute atomic E-state index is 0.00501. The van der Waals surface area contributed by atoms with Crippen molar-refractivity contribution in [2.24, 2.45) is 0 Å². The molecule has 0 aromatic heterocycles. The summed E-state index contributed by atoms with van der Waals surface area (Å²) >= 11 is 0. The molecular weight excluding hydrogens is 616 g/mol. The lowest BCUT2D eigenvalue weighted by Crippen LogP contribution is -2.16. The van der Waals surface area contributed by atoms with Gasteiger partial charge in [-0.1, -0.05) is 60.7 Å². The van der Waals surface area contributed by atoms with Gasteiger partial charge in [-0.05, 0) is 59.7 Å². The summed E-state index contributed by atoms with van der Waals surface area (Å²) in [7, 11) is 2.98. The van der Waals surface area contributed by atoms with E-state index in [9.17, 15) is 19.2 Å². The Bertz CT molecular complexity index is 1720. The van der Waals surface area contributed by atoms with Crippen LogP contribution in [0, 0.1) is 0 Å². The zero-order valence-corrected chi connectivity index (χ0v) is 27.4. The van der Waals surface area contributed by atoms with Gasteiger partial charge in [-0.15, -0.1) is 0 Å². The van der Waals surface area contributed by atoms with Crippen molar-refractivity contribution < 1.29 is 47.6 Å². The van der Waals surface area contributed by atoms with Gasteiger partial charge >= 0.3 is 11.9 Å². The van der Waals surface area contributed by atoms with E-state index < -0.39 is 23.5 Å². The molecule has 0 heterocycles. The van der Waals surface area contributed by atoms with Gasteiger partial charge in [0.25, 0.3) is 0 Å². The van der Waals surface area contributed by atoms with Crippen molar-refractivity contribution in [3.05, 3.63) is 95.1 Å². The van der Waals surface area contributed by atoms with Crippen LogP contribution < -0.4 is 9.47 Å². The van der Waals surface area contributed by atoms with Crippen molar-refractivity contribution in [1.29, 1.82) is 0 Å². The smallest absolute Gasteiger partial charge is 0.341 e. The molecule has 0 saturated carbocycles. The van der Waals surface area contributed by atoms with Crippen molar-refractivity contribution in [3.63, 3.8) is 0 Å². The third-order valence-corrected chi connectivity index (χ3v) is 7.28. The minimum Gasteiger partial charge on any atom is -0.489 e. The van der Waals surface area contributed by atoms with E-state index in [2.05, 4.69) is 0 Å². The fourth-order valence-electron chi connectivity index (χ4n) is 4.89. The number of fused-ring (bicyclic) bond motifs is 2. The van der Waals surface area contributed by atoms with E-state index in [1.807, 2.05) is 60.7 Å². The van der Waals surface area contributed by atoms with Crippen molar-refractivity contribution in [2.75, 3.05) is 53.9 Å². The zero-order chi connectivity index (χ0) is 34.5. The number of hydrogen-bond donors (Lipinski definition) is 0. The van der Waals surface area contributed by atoms with Crippen molar-refractivity contribution in [1.82, 2.24) is 0 Å². The van der Waals surface area contributed by atoms with Crippen LogP contribution in [0.25, 0.3) is 33.7 Å². The molecule has 250 valence electrons. The van der Waals surface area contributed by atoms with Crippen LogP contribution in [-0.2, 0) is 38.1 Å². The van der Waals surface area contributed by atoms with E-state index in [-0.39, 0.29) is 50.8 Å². The van der Waals surface area contributed by atoms with Crippen LogP contribution in [0.1, 0.15) is 25.0 Å². The predicted molar refractivity (Wildman–Crippen MR) is 182 cm³/mol. The number of methoxy groups -OCH3 is 2. The number of benzene rings is 4. The first-order valence-electron chi connectivity index (χ1n) is 15.3. The number of esters is 2. The summed E-state index contributed by atoms with van der Waals surface area (Å²) < 4.78 is 32.7. The van der Waals surface area contributed by atoms with Crippen LogP contribution in [0.2, 0.25) is 0 Å². The van der Waals surface area contributed by atoms with Gasteiger partial charge in [0.2, 0.25) is 0 Å². The molecule has 0 N–H and O–H groups in total. The van der Waals surface area contributed by atoms with Gasteiger partial charge in [0.05, 0.1) is 13.2 Å². The average molecular weight is 655 g/mol. The van der Waals surface area contributed by atoms with Gasteiger partial charge in [-0.3, -0.25) is 9.59 Å². The first-order valence-corrected chi connectivity index (χ1v) is 15.3. The molecule has 0 radical (unpaired) electrons. The van der Waals surface area contributed by atoms with Crippen LogP contribution in [-0.4, -0.2) is 77.4 Å². The molecule has 0 atom stereocenters. The van der Waals surface area contributed by atoms with Gasteiger partial charge in [0.15, 0.2) is 11.6 Å². The Hall–Kier alpha value is -5.32. The fraction of sp³-hybridized carbons (Fsp3) is 0.263. The second-order valence-electron chi connectivity index (χ2n) is 10.6. The molecule has 0 amide bonds. The Balaban J connectivity index is 1.62. The summed E-state index contributed by atoms with van der Waals surface area (Å²) in [5, 5.41) is 3.32. The highest BCUT2D eigenvalue weighted by Crippen LogP contribution is 2.32. The molecule has 4 aromatic carbocycles. The summed E-state index contributed by atoms with van der Waals surface area (Å²) in [6, 6.07) is 22.4. The molecule has 0 aliphatic carbocycles. The molecule has 4 aromatic rings. The maximum atomic E-state index is 12.8. The Morgan fingerprint density at radius 1 is 0.521 bits per heavy atom. The second-order valence-corrected chi connectivity index (χ2v) is 10.6. The maximum absolute atomic E-state index is 12.8. The summed E-state index contributed by atoms with van der Waals surface area (Å²) in [6.07, 6.45) is 2.97. The van der Waals surface area contributed by atoms with Crippen molar-refractivity contribution in [3.8, 4) is 11.5 Å². The van der Waals surface area contributed by atoms with Gasteiger partial charge in [-0.2, -0.15) is 0 Å². The van der Waals surface area contributed by atoms with Crippen LogP contribution in [0.15, 0.2) is 83.9 Å². The highest BCUT2D eigenvalue weighted by atomic mass is 16.6. The first-order chi connectivity index (χ1) is 23.2. The molecule has 4 rings (SSSR count). The Morgan fingerprint density at radius 3 is 1.29 bits per heavy atom. The normalized spacial score (nSPS) is 11.8. The standard InChI is InChI=1S/C38H38O10/c1-25(39)31(37(41)47-19-17-43-3)23-33-29-11-7-5-9-27(29)13-15-35(33)45-21-22-46-36-16-14-28-10-6-8-12-30(28)34(36)24-32(26(2)40)38(42)48-20-18-44-4/h5-16,23-24H,17-22H2,1-4H3/b31-23-,32-24-. The molecule has 0 fully saturated rings. The number of rotatable bonds is 17. The number of Topliss-reactive ketones (excluding diaryl/α,β-unsaturated/α-hetero) is 2. The number of hydrogen-bond acceptors (Lipinski definition) is 10. The molecular formula is C38H38O10. The summed E-state index contributed by atoms with van der Waals surface area (Å²) in [5.74, 6) is -1.57. The van der Waals surface area contributed by atoms with Gasteiger partial charge in [-0.25, -0.2) is 9.59 Å². The maximum Gasteiger partial charge on any atom is 0.341 e. The number of ether oxygens (including phenoxy) is 6. The van der Waals surface area contributed by atoms with Crippen molar-refractivity contribution in [2.45, 2.75) is 13.8 Å². The Kier molecular flexibility index (Phi) is 13.0. The van der Waals surface area contributed by atoms with E-state index in [1.165, 1.54) is 40.2 Å². The van der Waals surface area contributed by atoms with Gasteiger partial charge in [0.1, 0.15) is 49.1 Å². The molecule has 0 bridgehead atoms. The SMILES string of the molecule is COCCOC(=O)/C(=C\c1c(OCCOc2ccc3ccccc3c2/C=C(/C(C)=O)C(=O)OCCOC)ccc2ccccc12)C(C)=O. The Labute approximate surface area is 278 Å². The Morgan fingerprint density at radius 2 is 0.917 bits per heavy atom. The molecule has 0 unspecified atom stereocenters. The predicted octanol–water partition coefficient (Wildman–Crippen LogP) is 5.77. The number of carbonyl (C=O) groups excluding carboxylic acids is 4. The highest BCUT2D eigenvalue weighted by molar-refractivity contribution is 6.21. The van der Waals surface area contributed by atoms with Gasteiger partial charge < -0.3 is 28.4 Å². The summed E-state index contributed by atoms with van der Waals surface area (Å²) in [6.45, 7) is 3.18. The molecule has 0 aliphatic heterocycles. The molecule has 0 spiro atoms. The average Bonchev–Trinajstić information content (AvgIpc) is 3.08. The van der Waals surface area contributed by atoms with E-state index in [1.54, 1.807) is 12.1 Å². The second kappa shape index (κ2) is 17.6. The van der Waals surface area contributed by atoms with E-state index in [0.29, 0.717) is 22.6 Å². The quantitative estimate of drug-likeness (QED) is 0.0456. The lowest BCUT2D eigenvalue weighted by atomic mass is 10.00. The molecule has 0 saturated heterocycles. The molecule has 0 aliphatic rings. The first kappa shape index (κ1) is 35.5. The van der Waals surface area contributed by atoms with Crippen molar-refractivity contribution >= 4 is 57.2 Å². The van der Waals surface area contributed by atoms with E-state index in [0.717, 1.165) is 21.5 Å². The largest absolute Gasteiger partial charge is 0.489 e. The monoisotopic (exact) mass is 654 g/mol. The van der Waals surface area contributed by atoms with Crippen LogP contribution in [0.3, 0.4) is 0 Å². The third kappa shape index (κ3) is 9.15.